The lowest BCUT2D eigenvalue weighted by Gasteiger charge is -2.39. The van der Waals surface area contributed by atoms with Crippen molar-refractivity contribution in [3.8, 4) is 0 Å². The lowest BCUT2D eigenvalue weighted by Crippen LogP contribution is -2.44. The Labute approximate surface area is 216 Å². The Morgan fingerprint density at radius 2 is 1.73 bits per heavy atom. The van der Waals surface area contributed by atoms with Crippen LogP contribution < -0.4 is 10.8 Å². The molecule has 0 aromatic heterocycles. The Morgan fingerprint density at radius 3 is 2.46 bits per heavy atom. The predicted octanol–water partition coefficient (Wildman–Crippen LogP) is 2.67. The van der Waals surface area contributed by atoms with Gasteiger partial charge in [-0.2, -0.15) is 0 Å². The average Bonchev–Trinajstić information content (AvgIpc) is 2.93. The number of aliphatic hydroxyl groups excluding tert-OH is 1. The summed E-state index contributed by atoms with van der Waals surface area (Å²) in [6.07, 6.45) is 0.383. The van der Waals surface area contributed by atoms with Gasteiger partial charge in [-0.25, -0.2) is 5.48 Å². The lowest BCUT2D eigenvalue weighted by molar-refractivity contribution is -0.253. The highest BCUT2D eigenvalue weighted by atomic mass is 16.7. The van der Waals surface area contributed by atoms with E-state index in [1.54, 1.807) is 11.5 Å². The maximum absolute atomic E-state index is 12.3. The molecule has 0 radical (unpaired) electrons. The molecule has 37 heavy (non-hydrogen) atoms. The van der Waals surface area contributed by atoms with Gasteiger partial charge in [-0.3, -0.25) is 19.7 Å². The van der Waals surface area contributed by atoms with E-state index in [4.69, 9.17) is 19.4 Å². The number of hydrogen-bond acceptors (Lipinski definition) is 8. The minimum Gasteiger partial charge on any atom is -0.392 e. The monoisotopic (exact) mass is 513 g/mol. The van der Waals surface area contributed by atoms with Gasteiger partial charge in [-0.15, -0.1) is 0 Å². The number of carbonyl (C=O) groups excluding carboxylic acids is 2. The van der Waals surface area contributed by atoms with E-state index in [1.165, 1.54) is 0 Å². The highest BCUT2D eigenvalue weighted by molar-refractivity contribution is 5.91. The molecule has 2 aliphatic heterocycles. The molecule has 2 heterocycles. The van der Waals surface area contributed by atoms with Crippen LogP contribution in [-0.2, 0) is 30.4 Å². The molecule has 2 aromatic carbocycles. The van der Waals surface area contributed by atoms with E-state index in [0.717, 1.165) is 36.3 Å². The van der Waals surface area contributed by atoms with Crippen molar-refractivity contribution in [1.82, 2.24) is 10.4 Å². The quantitative estimate of drug-likeness (QED) is 0.282. The van der Waals surface area contributed by atoms with Crippen LogP contribution >= 0.6 is 0 Å². The van der Waals surface area contributed by atoms with Crippen LogP contribution in [0.2, 0.25) is 0 Å². The third-order valence-corrected chi connectivity index (χ3v) is 6.56. The van der Waals surface area contributed by atoms with Crippen molar-refractivity contribution in [1.29, 1.82) is 0 Å². The number of hydroxylamine groups is 1. The Kier molecular flexibility index (Phi) is 10.0. The molecule has 0 spiro atoms. The second-order valence-electron chi connectivity index (χ2n) is 9.33. The summed E-state index contributed by atoms with van der Waals surface area (Å²) in [7, 11) is 0. The van der Waals surface area contributed by atoms with Gasteiger partial charge in [-0.05, 0) is 29.7 Å². The number of rotatable bonds is 10. The van der Waals surface area contributed by atoms with Crippen LogP contribution in [0.25, 0.3) is 0 Å². The summed E-state index contributed by atoms with van der Waals surface area (Å²) in [6.45, 7) is 3.91. The fourth-order valence-electron chi connectivity index (χ4n) is 4.56. The molecule has 10 heteroatoms. The predicted molar refractivity (Wildman–Crippen MR) is 135 cm³/mol. The molecule has 0 saturated carbocycles. The number of ether oxygens (including phenoxy) is 3. The topological polar surface area (TPSA) is 130 Å². The molecule has 0 aliphatic carbocycles. The van der Waals surface area contributed by atoms with Crippen LogP contribution in [0.3, 0.4) is 0 Å². The maximum Gasteiger partial charge on any atom is 0.243 e. The third kappa shape index (κ3) is 8.06. The molecule has 4 rings (SSSR count). The molecule has 3 atom stereocenters. The van der Waals surface area contributed by atoms with Crippen molar-refractivity contribution in [2.75, 3.05) is 38.2 Å². The molecule has 4 N–H and O–H groups in total. The number of nitrogens with zero attached hydrogens (tertiary/aromatic N) is 1. The van der Waals surface area contributed by atoms with E-state index in [-0.39, 0.29) is 37.6 Å². The first-order chi connectivity index (χ1) is 18.0. The third-order valence-electron chi connectivity index (χ3n) is 6.56. The van der Waals surface area contributed by atoms with Gasteiger partial charge in [0.25, 0.3) is 0 Å². The van der Waals surface area contributed by atoms with Crippen molar-refractivity contribution >= 4 is 17.5 Å². The van der Waals surface area contributed by atoms with Gasteiger partial charge >= 0.3 is 0 Å². The largest absolute Gasteiger partial charge is 0.392 e. The van der Waals surface area contributed by atoms with Crippen LogP contribution in [0, 0.1) is 0 Å². The van der Waals surface area contributed by atoms with Crippen molar-refractivity contribution in [2.24, 2.45) is 0 Å². The highest BCUT2D eigenvalue weighted by Crippen LogP contribution is 2.38. The van der Waals surface area contributed by atoms with Gasteiger partial charge in [0, 0.05) is 50.1 Å². The number of benzene rings is 2. The summed E-state index contributed by atoms with van der Waals surface area (Å²) in [4.78, 5) is 25.8. The highest BCUT2D eigenvalue weighted by Gasteiger charge is 2.33. The van der Waals surface area contributed by atoms with Crippen LogP contribution in [0.1, 0.15) is 54.8 Å². The molecular formula is C27H35N3O7. The normalized spacial score (nSPS) is 22.4. The minimum atomic E-state index is -0.618. The number of morpholine rings is 1. The number of hydrogen-bond donors (Lipinski definition) is 4. The number of aliphatic hydroxyl groups is 1. The first kappa shape index (κ1) is 27.2. The van der Waals surface area contributed by atoms with Crippen LogP contribution in [-0.4, -0.2) is 66.0 Å². The van der Waals surface area contributed by atoms with E-state index in [0.29, 0.717) is 31.7 Å². The van der Waals surface area contributed by atoms with Crippen molar-refractivity contribution < 1.29 is 34.1 Å². The molecule has 200 valence electrons. The van der Waals surface area contributed by atoms with Gasteiger partial charge < -0.3 is 24.6 Å². The Hall–Kier alpha value is -2.86. The molecule has 10 nitrogen and oxygen atoms in total. The zero-order valence-electron chi connectivity index (χ0n) is 20.8. The maximum atomic E-state index is 12.3. The summed E-state index contributed by atoms with van der Waals surface area (Å²) >= 11 is 0. The van der Waals surface area contributed by atoms with Gasteiger partial charge in [0.15, 0.2) is 6.29 Å². The first-order valence-corrected chi connectivity index (χ1v) is 12.7. The molecule has 2 fully saturated rings. The number of carbonyl (C=O) groups is 2. The summed E-state index contributed by atoms with van der Waals surface area (Å²) in [6, 6.07) is 15.2. The average molecular weight is 514 g/mol. The molecule has 0 bridgehead atoms. The minimum absolute atomic E-state index is 0.00958. The summed E-state index contributed by atoms with van der Waals surface area (Å²) in [5.41, 5.74) is 4.83. The second-order valence-corrected chi connectivity index (χ2v) is 9.33. The molecule has 2 aromatic rings. The SMILES string of the molecule is O=C(CCCC(=O)Nc1cccc(C2OC(CN3CCOCC3)CC(c3ccc(CO)cc3)O2)c1)NO. The summed E-state index contributed by atoms with van der Waals surface area (Å²) in [5.74, 6) is -0.742. The van der Waals surface area contributed by atoms with Crippen molar-refractivity contribution in [3.63, 3.8) is 0 Å². The second kappa shape index (κ2) is 13.6. The Morgan fingerprint density at radius 1 is 0.973 bits per heavy atom. The van der Waals surface area contributed by atoms with Crippen molar-refractivity contribution in [2.45, 2.75) is 50.8 Å². The van der Waals surface area contributed by atoms with Crippen LogP contribution in [0.5, 0.6) is 0 Å². The van der Waals surface area contributed by atoms with Gasteiger partial charge in [0.05, 0.1) is 32.0 Å². The smallest absolute Gasteiger partial charge is 0.243 e. The van der Waals surface area contributed by atoms with E-state index in [1.807, 2.05) is 42.5 Å². The number of anilines is 1. The molecular weight excluding hydrogens is 478 g/mol. The van der Waals surface area contributed by atoms with Crippen molar-refractivity contribution in [3.05, 3.63) is 65.2 Å². The summed E-state index contributed by atoms with van der Waals surface area (Å²) in [5, 5.41) is 20.8. The number of amides is 2. The van der Waals surface area contributed by atoms with E-state index in [2.05, 4.69) is 10.2 Å². The van der Waals surface area contributed by atoms with Gasteiger partial charge in [0.2, 0.25) is 11.8 Å². The molecule has 2 aliphatic rings. The van der Waals surface area contributed by atoms with Crippen LogP contribution in [0.4, 0.5) is 5.69 Å². The standard InChI is InChI=1S/C27H35N3O7/c31-18-19-7-9-20(10-8-19)24-16-23(17-30-11-13-35-14-12-30)36-27(37-24)21-3-1-4-22(15-21)28-25(32)5-2-6-26(33)29-34/h1,3-4,7-10,15,23-24,27,31,34H,2,5-6,11-14,16-18H2,(H,28,32)(H,29,33). The fourth-order valence-corrected chi connectivity index (χ4v) is 4.56. The van der Waals surface area contributed by atoms with Crippen LogP contribution in [0.15, 0.2) is 48.5 Å². The lowest BCUT2D eigenvalue weighted by atomic mass is 9.99. The number of nitrogens with one attached hydrogen (secondary N) is 2. The van der Waals surface area contributed by atoms with Gasteiger partial charge in [0.1, 0.15) is 0 Å². The zero-order chi connectivity index (χ0) is 26.0. The fraction of sp³-hybridized carbons (Fsp3) is 0.481. The zero-order valence-corrected chi connectivity index (χ0v) is 20.8. The Bertz CT molecular complexity index is 1030. The molecule has 2 amide bonds. The van der Waals surface area contributed by atoms with E-state index >= 15 is 0 Å². The molecule has 3 unspecified atom stereocenters. The van der Waals surface area contributed by atoms with E-state index < -0.39 is 12.2 Å². The first-order valence-electron chi connectivity index (χ1n) is 12.7. The summed E-state index contributed by atoms with van der Waals surface area (Å²) < 4.78 is 18.3. The van der Waals surface area contributed by atoms with E-state index in [9.17, 15) is 14.7 Å². The molecule has 2 saturated heterocycles. The van der Waals surface area contributed by atoms with Gasteiger partial charge in [-0.1, -0.05) is 36.4 Å². The Balaban J connectivity index is 1.45.